The first-order valence-electron chi connectivity index (χ1n) is 2.85. The smallest absolute Gasteiger partial charge is 0.100 e. The number of hydrogen-bond acceptors (Lipinski definition) is 2. The SMILES string of the molecule is [CH2]/C=C/C(O)C(C)(C)O. The van der Waals surface area contributed by atoms with Gasteiger partial charge in [-0.3, -0.25) is 0 Å². The van der Waals surface area contributed by atoms with Gasteiger partial charge in [0.1, 0.15) is 6.10 Å². The molecule has 2 heteroatoms. The molecule has 0 aromatic heterocycles. The van der Waals surface area contributed by atoms with Crippen LogP contribution in [0.15, 0.2) is 12.2 Å². The Labute approximate surface area is 55.8 Å². The van der Waals surface area contributed by atoms with E-state index in [0.29, 0.717) is 0 Å². The zero-order valence-electron chi connectivity index (χ0n) is 5.83. The summed E-state index contributed by atoms with van der Waals surface area (Å²) in [5.74, 6) is 0. The molecule has 0 amide bonds. The molecule has 0 aromatic rings. The van der Waals surface area contributed by atoms with E-state index in [-0.39, 0.29) is 0 Å². The van der Waals surface area contributed by atoms with Gasteiger partial charge < -0.3 is 10.2 Å². The Morgan fingerprint density at radius 1 is 1.56 bits per heavy atom. The van der Waals surface area contributed by atoms with Gasteiger partial charge in [0, 0.05) is 0 Å². The molecule has 0 rings (SSSR count). The Bertz CT molecular complexity index is 100.0. The molecule has 1 unspecified atom stereocenters. The van der Waals surface area contributed by atoms with E-state index in [1.54, 1.807) is 0 Å². The fourth-order valence-electron chi connectivity index (χ4n) is 0.364. The van der Waals surface area contributed by atoms with Crippen molar-refractivity contribution in [3.05, 3.63) is 19.1 Å². The molecule has 0 aromatic carbocycles. The van der Waals surface area contributed by atoms with Crippen molar-refractivity contribution in [3.8, 4) is 0 Å². The van der Waals surface area contributed by atoms with E-state index in [0.717, 1.165) is 0 Å². The van der Waals surface area contributed by atoms with E-state index >= 15 is 0 Å². The van der Waals surface area contributed by atoms with Crippen LogP contribution in [0.5, 0.6) is 0 Å². The first-order valence-corrected chi connectivity index (χ1v) is 2.85. The number of rotatable bonds is 2. The molecule has 2 N–H and O–H groups in total. The second kappa shape index (κ2) is 2.99. The van der Waals surface area contributed by atoms with E-state index < -0.39 is 11.7 Å². The molecular formula is C7H13O2. The third-order valence-corrected chi connectivity index (χ3v) is 1.04. The zero-order chi connectivity index (χ0) is 7.49. The van der Waals surface area contributed by atoms with Gasteiger partial charge in [-0.15, -0.1) is 0 Å². The topological polar surface area (TPSA) is 40.5 Å². The number of allylic oxidation sites excluding steroid dienone is 1. The van der Waals surface area contributed by atoms with Crippen LogP contribution in [0.3, 0.4) is 0 Å². The van der Waals surface area contributed by atoms with Crippen LogP contribution >= 0.6 is 0 Å². The number of aliphatic hydroxyl groups excluding tert-OH is 1. The molecule has 53 valence electrons. The fraction of sp³-hybridized carbons (Fsp3) is 0.571. The Hall–Kier alpha value is -0.340. The van der Waals surface area contributed by atoms with Crippen molar-refractivity contribution in [2.45, 2.75) is 25.6 Å². The molecule has 0 fully saturated rings. The van der Waals surface area contributed by atoms with Gasteiger partial charge in [-0.25, -0.2) is 0 Å². The van der Waals surface area contributed by atoms with E-state index in [4.69, 9.17) is 10.2 Å². The molecule has 0 saturated heterocycles. The van der Waals surface area contributed by atoms with Crippen LogP contribution in [0.4, 0.5) is 0 Å². The minimum Gasteiger partial charge on any atom is -0.387 e. The van der Waals surface area contributed by atoms with E-state index in [9.17, 15) is 0 Å². The monoisotopic (exact) mass is 129 g/mol. The van der Waals surface area contributed by atoms with Gasteiger partial charge in [0.25, 0.3) is 0 Å². The van der Waals surface area contributed by atoms with Crippen molar-refractivity contribution in [1.82, 2.24) is 0 Å². The summed E-state index contributed by atoms with van der Waals surface area (Å²) in [7, 11) is 0. The summed E-state index contributed by atoms with van der Waals surface area (Å²) in [6.45, 7) is 6.47. The quantitative estimate of drug-likeness (QED) is 0.570. The molecule has 1 atom stereocenters. The molecule has 2 nitrogen and oxygen atoms in total. The van der Waals surface area contributed by atoms with Gasteiger partial charge in [0.15, 0.2) is 0 Å². The lowest BCUT2D eigenvalue weighted by atomic mass is 10.0. The van der Waals surface area contributed by atoms with Gasteiger partial charge in [-0.1, -0.05) is 12.2 Å². The van der Waals surface area contributed by atoms with Crippen molar-refractivity contribution in [2.75, 3.05) is 0 Å². The third-order valence-electron chi connectivity index (χ3n) is 1.04. The highest BCUT2D eigenvalue weighted by atomic mass is 16.3. The highest BCUT2D eigenvalue weighted by Gasteiger charge is 2.20. The average Bonchev–Trinajstić information content (AvgIpc) is 1.64. The first kappa shape index (κ1) is 8.66. The molecular weight excluding hydrogens is 116 g/mol. The van der Waals surface area contributed by atoms with Crippen LogP contribution in [0, 0.1) is 6.92 Å². The summed E-state index contributed by atoms with van der Waals surface area (Å²) in [5.41, 5.74) is -1.06. The van der Waals surface area contributed by atoms with Crippen LogP contribution in [0.1, 0.15) is 13.8 Å². The molecule has 9 heavy (non-hydrogen) atoms. The molecule has 0 saturated carbocycles. The van der Waals surface area contributed by atoms with Crippen LogP contribution in [-0.4, -0.2) is 21.9 Å². The lowest BCUT2D eigenvalue weighted by Gasteiger charge is -2.20. The summed E-state index contributed by atoms with van der Waals surface area (Å²) in [5, 5.41) is 18.1. The second-order valence-electron chi connectivity index (χ2n) is 2.53. The van der Waals surface area contributed by atoms with Crippen molar-refractivity contribution < 1.29 is 10.2 Å². The summed E-state index contributed by atoms with van der Waals surface area (Å²) in [6.07, 6.45) is 2.08. The summed E-state index contributed by atoms with van der Waals surface area (Å²) in [4.78, 5) is 0. The summed E-state index contributed by atoms with van der Waals surface area (Å²) in [6, 6.07) is 0. The number of aliphatic hydroxyl groups is 2. The van der Waals surface area contributed by atoms with Gasteiger partial charge in [0.05, 0.1) is 5.60 Å². The molecule has 0 aliphatic carbocycles. The van der Waals surface area contributed by atoms with Gasteiger partial charge in [-0.05, 0) is 20.8 Å². The molecule has 0 heterocycles. The van der Waals surface area contributed by atoms with Crippen molar-refractivity contribution in [2.24, 2.45) is 0 Å². The van der Waals surface area contributed by atoms with E-state index in [1.807, 2.05) is 0 Å². The Morgan fingerprint density at radius 3 is 2.11 bits per heavy atom. The predicted octanol–water partition coefficient (Wildman–Crippen LogP) is 0.508. The summed E-state index contributed by atoms with van der Waals surface area (Å²) < 4.78 is 0. The van der Waals surface area contributed by atoms with Crippen LogP contribution in [-0.2, 0) is 0 Å². The normalized spacial score (nSPS) is 16.6. The molecule has 0 aliphatic rings. The van der Waals surface area contributed by atoms with Crippen molar-refractivity contribution >= 4 is 0 Å². The minimum atomic E-state index is -1.06. The fourth-order valence-corrected chi connectivity index (χ4v) is 0.364. The van der Waals surface area contributed by atoms with Crippen molar-refractivity contribution in [3.63, 3.8) is 0 Å². The van der Waals surface area contributed by atoms with Gasteiger partial charge in [0.2, 0.25) is 0 Å². The zero-order valence-corrected chi connectivity index (χ0v) is 5.83. The van der Waals surface area contributed by atoms with Crippen LogP contribution in [0.2, 0.25) is 0 Å². The van der Waals surface area contributed by atoms with E-state index in [1.165, 1.54) is 26.0 Å². The Kier molecular flexibility index (Phi) is 2.88. The molecule has 0 spiro atoms. The maximum absolute atomic E-state index is 9.09. The predicted molar refractivity (Wildman–Crippen MR) is 36.8 cm³/mol. The van der Waals surface area contributed by atoms with Gasteiger partial charge in [-0.2, -0.15) is 0 Å². The molecule has 1 radical (unpaired) electrons. The van der Waals surface area contributed by atoms with E-state index in [2.05, 4.69) is 6.92 Å². The first-order chi connectivity index (χ1) is 3.98. The van der Waals surface area contributed by atoms with Crippen LogP contribution in [0.25, 0.3) is 0 Å². The van der Waals surface area contributed by atoms with Crippen LogP contribution < -0.4 is 0 Å². The Balaban J connectivity index is 3.88. The largest absolute Gasteiger partial charge is 0.387 e. The lowest BCUT2D eigenvalue weighted by Crippen LogP contribution is -2.33. The van der Waals surface area contributed by atoms with Crippen molar-refractivity contribution in [1.29, 1.82) is 0 Å². The Morgan fingerprint density at radius 2 is 2.00 bits per heavy atom. The second-order valence-corrected chi connectivity index (χ2v) is 2.53. The minimum absolute atomic E-state index is 0.824. The summed E-state index contributed by atoms with van der Waals surface area (Å²) >= 11 is 0. The highest BCUT2D eigenvalue weighted by molar-refractivity contribution is 4.97. The molecule has 0 bridgehead atoms. The molecule has 0 aliphatic heterocycles. The lowest BCUT2D eigenvalue weighted by molar-refractivity contribution is -0.0225. The highest BCUT2D eigenvalue weighted by Crippen LogP contribution is 2.08. The maximum atomic E-state index is 9.09. The third kappa shape index (κ3) is 3.27. The number of hydrogen-bond donors (Lipinski definition) is 2. The standard InChI is InChI=1S/C7H13O2/c1-4-5-6(8)7(2,3)9/h4-6,8-9H,1H2,2-3H3/b5-4+. The van der Waals surface area contributed by atoms with Gasteiger partial charge >= 0.3 is 0 Å². The maximum Gasteiger partial charge on any atom is 0.100 e. The average molecular weight is 129 g/mol.